The van der Waals surface area contributed by atoms with Gasteiger partial charge in [-0.3, -0.25) is 4.90 Å². The Labute approximate surface area is 112 Å². The first kappa shape index (κ1) is 15.3. The third kappa shape index (κ3) is 5.25. The van der Waals surface area contributed by atoms with Gasteiger partial charge in [-0.2, -0.15) is 0 Å². The van der Waals surface area contributed by atoms with Gasteiger partial charge in [-0.1, -0.05) is 26.2 Å². The van der Waals surface area contributed by atoms with Gasteiger partial charge >= 0.3 is 6.03 Å². The molecule has 2 amide bonds. The van der Waals surface area contributed by atoms with Crippen molar-refractivity contribution in [2.45, 2.75) is 52.5 Å². The number of carbonyl (C=O) groups is 1. The van der Waals surface area contributed by atoms with E-state index in [1.54, 1.807) is 0 Å². The maximum absolute atomic E-state index is 11.9. The average molecular weight is 255 g/mol. The number of unbranched alkanes of at least 4 members (excludes halogenated alkanes) is 3. The maximum Gasteiger partial charge on any atom is 0.317 e. The molecule has 0 aromatic carbocycles. The molecule has 0 atom stereocenters. The summed E-state index contributed by atoms with van der Waals surface area (Å²) in [6, 6.07) is 0.708. The predicted octanol–water partition coefficient (Wildman–Crippen LogP) is 2.30. The van der Waals surface area contributed by atoms with Crippen LogP contribution >= 0.6 is 0 Å². The molecule has 0 aromatic heterocycles. The van der Waals surface area contributed by atoms with Crippen molar-refractivity contribution >= 4 is 6.03 Å². The average Bonchev–Trinajstić information content (AvgIpc) is 2.38. The van der Waals surface area contributed by atoms with E-state index in [4.69, 9.17) is 0 Å². The molecule has 1 aliphatic heterocycles. The first-order chi connectivity index (χ1) is 8.65. The van der Waals surface area contributed by atoms with Crippen molar-refractivity contribution in [3.8, 4) is 0 Å². The number of hydrogen-bond donors (Lipinski definition) is 1. The minimum absolute atomic E-state index is 0.120. The largest absolute Gasteiger partial charge is 0.338 e. The van der Waals surface area contributed by atoms with Gasteiger partial charge in [-0.15, -0.1) is 0 Å². The van der Waals surface area contributed by atoms with Crippen molar-refractivity contribution in [3.63, 3.8) is 0 Å². The van der Waals surface area contributed by atoms with Crippen LogP contribution in [0.15, 0.2) is 0 Å². The van der Waals surface area contributed by atoms with Crippen molar-refractivity contribution in [1.29, 1.82) is 0 Å². The maximum atomic E-state index is 11.9. The van der Waals surface area contributed by atoms with Gasteiger partial charge in [0.25, 0.3) is 0 Å². The van der Waals surface area contributed by atoms with E-state index >= 15 is 0 Å². The summed E-state index contributed by atoms with van der Waals surface area (Å²) >= 11 is 0. The summed E-state index contributed by atoms with van der Waals surface area (Å²) in [6.07, 6.45) is 4.83. The highest BCUT2D eigenvalue weighted by Gasteiger charge is 2.21. The molecule has 0 bridgehead atoms. The summed E-state index contributed by atoms with van der Waals surface area (Å²) in [5.74, 6) is 0. The molecule has 4 heteroatoms. The number of amides is 2. The number of urea groups is 1. The summed E-state index contributed by atoms with van der Waals surface area (Å²) in [4.78, 5) is 16.3. The fourth-order valence-electron chi connectivity index (χ4n) is 2.30. The summed E-state index contributed by atoms with van der Waals surface area (Å²) in [5, 5.41) is 3.02. The Morgan fingerprint density at radius 3 is 2.33 bits per heavy atom. The molecular formula is C14H29N3O. The zero-order chi connectivity index (χ0) is 13.4. The molecule has 0 unspecified atom stereocenters. The predicted molar refractivity (Wildman–Crippen MR) is 75.8 cm³/mol. The van der Waals surface area contributed by atoms with Crippen molar-refractivity contribution < 1.29 is 4.79 Å². The first-order valence-electron chi connectivity index (χ1n) is 7.42. The van der Waals surface area contributed by atoms with E-state index in [-0.39, 0.29) is 6.03 Å². The van der Waals surface area contributed by atoms with Gasteiger partial charge in [0.05, 0.1) is 0 Å². The highest BCUT2D eigenvalue weighted by molar-refractivity contribution is 5.74. The zero-order valence-electron chi connectivity index (χ0n) is 12.2. The minimum Gasteiger partial charge on any atom is -0.338 e. The molecule has 0 saturated carbocycles. The normalized spacial score (nSPS) is 17.2. The lowest BCUT2D eigenvalue weighted by Gasteiger charge is -2.36. The van der Waals surface area contributed by atoms with Gasteiger partial charge in [0, 0.05) is 38.8 Å². The molecule has 0 aromatic rings. The molecule has 1 N–H and O–H groups in total. The lowest BCUT2D eigenvalue weighted by molar-refractivity contribution is 0.119. The highest BCUT2D eigenvalue weighted by atomic mass is 16.2. The van der Waals surface area contributed by atoms with Gasteiger partial charge in [0.15, 0.2) is 0 Å². The number of carbonyl (C=O) groups excluding carboxylic acids is 1. The number of rotatable bonds is 6. The molecule has 0 radical (unpaired) electrons. The van der Waals surface area contributed by atoms with E-state index in [2.05, 4.69) is 31.0 Å². The second kappa shape index (κ2) is 8.35. The molecule has 1 aliphatic rings. The van der Waals surface area contributed by atoms with E-state index in [9.17, 15) is 4.79 Å². The third-order valence-corrected chi connectivity index (χ3v) is 3.64. The smallest absolute Gasteiger partial charge is 0.317 e. The van der Waals surface area contributed by atoms with E-state index in [0.717, 1.165) is 39.1 Å². The van der Waals surface area contributed by atoms with Crippen molar-refractivity contribution in [2.24, 2.45) is 0 Å². The van der Waals surface area contributed by atoms with Gasteiger partial charge in [-0.05, 0) is 20.3 Å². The Hall–Kier alpha value is -0.770. The fourth-order valence-corrected chi connectivity index (χ4v) is 2.30. The van der Waals surface area contributed by atoms with Gasteiger partial charge in [0.1, 0.15) is 0 Å². The number of nitrogens with zero attached hydrogens (tertiary/aromatic N) is 2. The van der Waals surface area contributed by atoms with E-state index in [1.807, 2.05) is 4.90 Å². The topological polar surface area (TPSA) is 35.6 Å². The quantitative estimate of drug-likeness (QED) is 0.739. The fraction of sp³-hybridized carbons (Fsp3) is 0.929. The Morgan fingerprint density at radius 2 is 1.78 bits per heavy atom. The monoisotopic (exact) mass is 255 g/mol. The standard InChI is InChI=1S/C14H29N3O/c1-4-5-6-7-8-15-14(18)17-11-9-16(10-12-17)13(2)3/h13H,4-12H2,1-3H3,(H,15,18). The minimum atomic E-state index is 0.120. The molecule has 1 heterocycles. The second-order valence-electron chi connectivity index (χ2n) is 5.41. The van der Waals surface area contributed by atoms with E-state index in [0.29, 0.717) is 6.04 Å². The molecule has 0 aliphatic carbocycles. The van der Waals surface area contributed by atoms with Gasteiger partial charge < -0.3 is 10.2 Å². The molecule has 18 heavy (non-hydrogen) atoms. The van der Waals surface area contributed by atoms with Crippen LogP contribution in [-0.4, -0.2) is 54.6 Å². The molecular weight excluding hydrogens is 226 g/mol. The molecule has 0 spiro atoms. The van der Waals surface area contributed by atoms with Crippen LogP contribution in [0.25, 0.3) is 0 Å². The van der Waals surface area contributed by atoms with Crippen LogP contribution in [0.2, 0.25) is 0 Å². The van der Waals surface area contributed by atoms with Crippen LogP contribution in [0, 0.1) is 0 Å². The van der Waals surface area contributed by atoms with Crippen molar-refractivity contribution in [2.75, 3.05) is 32.7 Å². The lowest BCUT2D eigenvalue weighted by atomic mass is 10.2. The summed E-state index contributed by atoms with van der Waals surface area (Å²) in [7, 11) is 0. The number of hydrogen-bond acceptors (Lipinski definition) is 2. The molecule has 4 nitrogen and oxygen atoms in total. The second-order valence-corrected chi connectivity index (χ2v) is 5.41. The Bertz CT molecular complexity index is 235. The van der Waals surface area contributed by atoms with Crippen molar-refractivity contribution in [3.05, 3.63) is 0 Å². The molecule has 106 valence electrons. The lowest BCUT2D eigenvalue weighted by Crippen LogP contribution is -2.53. The third-order valence-electron chi connectivity index (χ3n) is 3.64. The molecule has 1 rings (SSSR count). The summed E-state index contributed by atoms with van der Waals surface area (Å²) < 4.78 is 0. The molecule has 1 fully saturated rings. The number of nitrogens with one attached hydrogen (secondary N) is 1. The Balaban J connectivity index is 2.12. The summed E-state index contributed by atoms with van der Waals surface area (Å²) in [5.41, 5.74) is 0. The van der Waals surface area contributed by atoms with Crippen LogP contribution < -0.4 is 5.32 Å². The van der Waals surface area contributed by atoms with E-state index in [1.165, 1.54) is 19.3 Å². The van der Waals surface area contributed by atoms with Crippen molar-refractivity contribution in [1.82, 2.24) is 15.1 Å². The van der Waals surface area contributed by atoms with Gasteiger partial charge in [0.2, 0.25) is 0 Å². The number of piperazine rings is 1. The Kier molecular flexibility index (Phi) is 7.09. The highest BCUT2D eigenvalue weighted by Crippen LogP contribution is 2.06. The SMILES string of the molecule is CCCCCCNC(=O)N1CCN(C(C)C)CC1. The Morgan fingerprint density at radius 1 is 1.11 bits per heavy atom. The van der Waals surface area contributed by atoms with E-state index < -0.39 is 0 Å². The van der Waals surface area contributed by atoms with Gasteiger partial charge in [-0.25, -0.2) is 4.79 Å². The van der Waals surface area contributed by atoms with Crippen LogP contribution in [0.4, 0.5) is 4.79 Å². The molecule has 1 saturated heterocycles. The van der Waals surface area contributed by atoms with Crippen LogP contribution in [-0.2, 0) is 0 Å². The first-order valence-corrected chi connectivity index (χ1v) is 7.42. The van der Waals surface area contributed by atoms with Crippen LogP contribution in [0.5, 0.6) is 0 Å². The van der Waals surface area contributed by atoms with Crippen LogP contribution in [0.1, 0.15) is 46.5 Å². The summed E-state index contributed by atoms with van der Waals surface area (Å²) in [6.45, 7) is 11.2. The zero-order valence-corrected chi connectivity index (χ0v) is 12.2. The van der Waals surface area contributed by atoms with Crippen LogP contribution in [0.3, 0.4) is 0 Å².